The van der Waals surface area contributed by atoms with Crippen molar-refractivity contribution in [3.63, 3.8) is 0 Å². The van der Waals surface area contributed by atoms with E-state index in [2.05, 4.69) is 37.7 Å². The molecule has 2 N–H and O–H groups in total. The molecule has 3 heteroatoms. The van der Waals surface area contributed by atoms with E-state index in [1.165, 1.54) is 6.42 Å². The van der Waals surface area contributed by atoms with E-state index in [-0.39, 0.29) is 0 Å². The van der Waals surface area contributed by atoms with E-state index in [0.717, 1.165) is 19.6 Å². The van der Waals surface area contributed by atoms with Crippen LogP contribution in [0.5, 0.6) is 0 Å². The van der Waals surface area contributed by atoms with E-state index in [9.17, 15) is 0 Å². The summed E-state index contributed by atoms with van der Waals surface area (Å²) in [7, 11) is 4.37. The molecule has 1 atom stereocenters. The highest BCUT2D eigenvalue weighted by Crippen LogP contribution is 2.21. The van der Waals surface area contributed by atoms with Crippen LogP contribution in [0.25, 0.3) is 0 Å². The van der Waals surface area contributed by atoms with Gasteiger partial charge < -0.3 is 10.6 Å². The summed E-state index contributed by atoms with van der Waals surface area (Å²) < 4.78 is 0. The van der Waals surface area contributed by atoms with Crippen LogP contribution in [0.2, 0.25) is 0 Å². The third kappa shape index (κ3) is 2.42. The van der Waals surface area contributed by atoms with Crippen molar-refractivity contribution in [3.8, 4) is 0 Å². The summed E-state index contributed by atoms with van der Waals surface area (Å²) in [5, 5.41) is 0. The standard InChI is InChI=1S/C10H23N3/c1-10(2)5-6-12(3)9(7-11)8-13(10)4/h9H,5-8,11H2,1-4H3. The zero-order valence-corrected chi connectivity index (χ0v) is 9.38. The molecule has 78 valence electrons. The van der Waals surface area contributed by atoms with Gasteiger partial charge in [0, 0.05) is 24.7 Å². The van der Waals surface area contributed by atoms with Crippen molar-refractivity contribution < 1.29 is 0 Å². The largest absolute Gasteiger partial charge is 0.329 e. The van der Waals surface area contributed by atoms with Crippen LogP contribution < -0.4 is 5.73 Å². The second kappa shape index (κ2) is 3.95. The van der Waals surface area contributed by atoms with Gasteiger partial charge in [0.05, 0.1) is 0 Å². The maximum absolute atomic E-state index is 5.75. The fraction of sp³-hybridized carbons (Fsp3) is 1.00. The number of nitrogens with two attached hydrogens (primary N) is 1. The van der Waals surface area contributed by atoms with Gasteiger partial charge in [-0.2, -0.15) is 0 Å². The van der Waals surface area contributed by atoms with Gasteiger partial charge in [-0.1, -0.05) is 0 Å². The molecule has 1 aliphatic heterocycles. The maximum Gasteiger partial charge on any atom is 0.0342 e. The Labute approximate surface area is 81.9 Å². The smallest absolute Gasteiger partial charge is 0.0342 e. The van der Waals surface area contributed by atoms with Crippen molar-refractivity contribution in [1.29, 1.82) is 0 Å². The number of hydrogen-bond donors (Lipinski definition) is 1. The maximum atomic E-state index is 5.75. The van der Waals surface area contributed by atoms with Gasteiger partial charge in [-0.25, -0.2) is 0 Å². The van der Waals surface area contributed by atoms with Crippen LogP contribution >= 0.6 is 0 Å². The lowest BCUT2D eigenvalue weighted by Gasteiger charge is -2.34. The molecule has 0 aromatic rings. The lowest BCUT2D eigenvalue weighted by molar-refractivity contribution is 0.152. The summed E-state index contributed by atoms with van der Waals surface area (Å²) in [5.74, 6) is 0. The second-order valence-electron chi connectivity index (χ2n) is 4.81. The molecule has 0 bridgehead atoms. The Kier molecular flexibility index (Phi) is 3.33. The first-order chi connectivity index (χ1) is 5.97. The number of hydrogen-bond acceptors (Lipinski definition) is 3. The number of rotatable bonds is 1. The fourth-order valence-electron chi connectivity index (χ4n) is 1.78. The topological polar surface area (TPSA) is 32.5 Å². The van der Waals surface area contributed by atoms with Crippen molar-refractivity contribution in [1.82, 2.24) is 9.80 Å². The molecular formula is C10H23N3. The summed E-state index contributed by atoms with van der Waals surface area (Å²) in [6.07, 6.45) is 1.22. The minimum absolute atomic E-state index is 0.318. The van der Waals surface area contributed by atoms with Crippen LogP contribution in [-0.2, 0) is 0 Å². The molecule has 0 saturated carbocycles. The van der Waals surface area contributed by atoms with Crippen LogP contribution in [0.3, 0.4) is 0 Å². The molecule has 1 saturated heterocycles. The van der Waals surface area contributed by atoms with Gasteiger partial charge in [0.1, 0.15) is 0 Å². The minimum atomic E-state index is 0.318. The van der Waals surface area contributed by atoms with Gasteiger partial charge in [-0.3, -0.25) is 4.90 Å². The fourth-order valence-corrected chi connectivity index (χ4v) is 1.78. The summed E-state index contributed by atoms with van der Waals surface area (Å²) in [5.41, 5.74) is 6.06. The average Bonchev–Trinajstić information content (AvgIpc) is 2.17. The quantitative estimate of drug-likeness (QED) is 0.640. The highest BCUT2D eigenvalue weighted by Gasteiger charge is 2.30. The zero-order chi connectivity index (χ0) is 10.1. The number of likely N-dealkylation sites (N-methyl/N-ethyl adjacent to an activating group) is 2. The first-order valence-corrected chi connectivity index (χ1v) is 5.09. The summed E-state index contributed by atoms with van der Waals surface area (Å²) >= 11 is 0. The van der Waals surface area contributed by atoms with Crippen molar-refractivity contribution in [2.75, 3.05) is 33.7 Å². The van der Waals surface area contributed by atoms with Gasteiger partial charge in [-0.05, 0) is 40.9 Å². The molecule has 1 fully saturated rings. The van der Waals surface area contributed by atoms with E-state index < -0.39 is 0 Å². The molecular weight excluding hydrogens is 162 g/mol. The van der Waals surface area contributed by atoms with Crippen molar-refractivity contribution in [2.45, 2.75) is 31.8 Å². The predicted octanol–water partition coefficient (Wildman–Crippen LogP) is 0.360. The SMILES string of the molecule is CN1CCC(C)(C)N(C)CC1CN. The normalized spacial score (nSPS) is 31.6. The van der Waals surface area contributed by atoms with E-state index >= 15 is 0 Å². The molecule has 1 heterocycles. The minimum Gasteiger partial charge on any atom is -0.329 e. The molecule has 0 spiro atoms. The van der Waals surface area contributed by atoms with Crippen LogP contribution in [0.15, 0.2) is 0 Å². The van der Waals surface area contributed by atoms with Crippen LogP contribution in [0.4, 0.5) is 0 Å². The lowest BCUT2D eigenvalue weighted by atomic mass is 9.99. The first kappa shape index (κ1) is 11.0. The Morgan fingerprint density at radius 1 is 1.38 bits per heavy atom. The Morgan fingerprint density at radius 3 is 2.54 bits per heavy atom. The Balaban J connectivity index is 2.68. The van der Waals surface area contributed by atoms with Crippen LogP contribution in [-0.4, -0.2) is 55.1 Å². The van der Waals surface area contributed by atoms with Crippen molar-refractivity contribution in [3.05, 3.63) is 0 Å². The molecule has 0 radical (unpaired) electrons. The molecule has 0 aromatic carbocycles. The van der Waals surface area contributed by atoms with Crippen molar-refractivity contribution >= 4 is 0 Å². The summed E-state index contributed by atoms with van der Waals surface area (Å²) in [6.45, 7) is 7.61. The van der Waals surface area contributed by atoms with Gasteiger partial charge >= 0.3 is 0 Å². The molecule has 13 heavy (non-hydrogen) atoms. The lowest BCUT2D eigenvalue weighted by Crippen LogP contribution is -2.46. The molecule has 0 aromatic heterocycles. The van der Waals surface area contributed by atoms with Crippen molar-refractivity contribution in [2.24, 2.45) is 5.73 Å². The Morgan fingerprint density at radius 2 is 2.00 bits per heavy atom. The third-order valence-corrected chi connectivity index (χ3v) is 3.49. The average molecular weight is 185 g/mol. The first-order valence-electron chi connectivity index (χ1n) is 5.09. The molecule has 1 aliphatic rings. The molecule has 1 unspecified atom stereocenters. The monoisotopic (exact) mass is 185 g/mol. The van der Waals surface area contributed by atoms with Gasteiger partial charge in [0.15, 0.2) is 0 Å². The number of nitrogens with zero attached hydrogens (tertiary/aromatic N) is 2. The zero-order valence-electron chi connectivity index (χ0n) is 9.38. The van der Waals surface area contributed by atoms with E-state index in [1.807, 2.05) is 0 Å². The van der Waals surface area contributed by atoms with E-state index in [0.29, 0.717) is 11.6 Å². The molecule has 0 aliphatic carbocycles. The highest BCUT2D eigenvalue weighted by molar-refractivity contribution is 4.88. The Bertz CT molecular complexity index is 168. The van der Waals surface area contributed by atoms with E-state index in [1.54, 1.807) is 0 Å². The van der Waals surface area contributed by atoms with Gasteiger partial charge in [-0.15, -0.1) is 0 Å². The molecule has 1 rings (SSSR count). The van der Waals surface area contributed by atoms with Crippen LogP contribution in [0, 0.1) is 0 Å². The van der Waals surface area contributed by atoms with E-state index in [4.69, 9.17) is 5.73 Å². The van der Waals surface area contributed by atoms with Gasteiger partial charge in [0.2, 0.25) is 0 Å². The predicted molar refractivity (Wildman–Crippen MR) is 56.8 cm³/mol. The molecule has 0 amide bonds. The molecule has 3 nitrogen and oxygen atoms in total. The second-order valence-corrected chi connectivity index (χ2v) is 4.81. The van der Waals surface area contributed by atoms with Gasteiger partial charge in [0.25, 0.3) is 0 Å². The summed E-state index contributed by atoms with van der Waals surface area (Å²) in [6, 6.07) is 0.520. The summed E-state index contributed by atoms with van der Waals surface area (Å²) in [4.78, 5) is 4.80. The third-order valence-electron chi connectivity index (χ3n) is 3.49. The van der Waals surface area contributed by atoms with Crippen LogP contribution in [0.1, 0.15) is 20.3 Å². The Hall–Kier alpha value is -0.120. The highest BCUT2D eigenvalue weighted by atomic mass is 15.3.